The summed E-state index contributed by atoms with van der Waals surface area (Å²) in [6.45, 7) is 3.87. The van der Waals surface area contributed by atoms with Crippen molar-refractivity contribution in [3.05, 3.63) is 0 Å². The van der Waals surface area contributed by atoms with Crippen LogP contribution in [0.5, 0.6) is 0 Å². The molecule has 2 heterocycles. The van der Waals surface area contributed by atoms with Crippen molar-refractivity contribution in [2.24, 2.45) is 10.8 Å². The summed E-state index contributed by atoms with van der Waals surface area (Å²) < 4.78 is 29.0. The third-order valence-electron chi connectivity index (χ3n) is 3.23. The Bertz CT molecular complexity index is 398. The molecule has 0 aromatic rings. The fourth-order valence-corrected chi connectivity index (χ4v) is 1.77. The van der Waals surface area contributed by atoms with E-state index < -0.39 is 29.3 Å². The molecule has 2 fully saturated rings. The summed E-state index contributed by atoms with van der Waals surface area (Å²) in [5, 5.41) is 0. The Hall–Kier alpha value is -2.19. The highest BCUT2D eigenvalue weighted by molar-refractivity contribution is 5.62. The van der Waals surface area contributed by atoms with Crippen LogP contribution in [0.2, 0.25) is 0 Å². The van der Waals surface area contributed by atoms with Gasteiger partial charge in [-0.2, -0.15) is 0 Å². The van der Waals surface area contributed by atoms with E-state index >= 15 is 0 Å². The molecule has 0 aromatic carbocycles. The summed E-state index contributed by atoms with van der Waals surface area (Å²) in [7, 11) is 0. The molecule has 0 saturated carbocycles. The number of ether oxygens (including phenoxy) is 6. The first kappa shape index (κ1) is 16.2. The number of carbonyl (C=O) groups excluding carboxylic acids is 3. The molecule has 0 radical (unpaired) electrons. The van der Waals surface area contributed by atoms with Gasteiger partial charge in [-0.15, -0.1) is 0 Å². The Morgan fingerprint density at radius 2 is 1.18 bits per heavy atom. The molecule has 0 N–H and O–H groups in total. The molecule has 0 amide bonds. The number of rotatable bonds is 4. The number of hydrogen-bond donors (Lipinski definition) is 0. The first-order valence-electron chi connectivity index (χ1n) is 6.69. The van der Waals surface area contributed by atoms with Crippen molar-refractivity contribution in [2.75, 3.05) is 39.6 Å². The SMILES string of the molecule is CC1(COC(=O)OCC2(C)COC(=O)OC2)COC(=O)OC1. The summed E-state index contributed by atoms with van der Waals surface area (Å²) in [5.74, 6) is 0. The Kier molecular flexibility index (Phi) is 4.62. The fourth-order valence-electron chi connectivity index (χ4n) is 1.77. The quantitative estimate of drug-likeness (QED) is 0.562. The molecule has 9 heteroatoms. The maximum Gasteiger partial charge on any atom is 0.508 e. The Balaban J connectivity index is 1.69. The third kappa shape index (κ3) is 4.40. The summed E-state index contributed by atoms with van der Waals surface area (Å²) >= 11 is 0. The first-order chi connectivity index (χ1) is 10.3. The molecule has 22 heavy (non-hydrogen) atoms. The molecule has 2 saturated heterocycles. The zero-order chi connectivity index (χ0) is 16.2. The second-order valence-electron chi connectivity index (χ2n) is 6.10. The van der Waals surface area contributed by atoms with Gasteiger partial charge >= 0.3 is 18.5 Å². The van der Waals surface area contributed by atoms with E-state index in [-0.39, 0.29) is 39.6 Å². The van der Waals surface area contributed by atoms with Gasteiger partial charge in [-0.25, -0.2) is 14.4 Å². The lowest BCUT2D eigenvalue weighted by Gasteiger charge is -2.32. The van der Waals surface area contributed by atoms with Gasteiger partial charge in [0, 0.05) is 0 Å². The van der Waals surface area contributed by atoms with Crippen LogP contribution in [0.15, 0.2) is 0 Å². The van der Waals surface area contributed by atoms with Crippen LogP contribution < -0.4 is 0 Å². The average molecular weight is 318 g/mol. The van der Waals surface area contributed by atoms with Crippen LogP contribution in [0.25, 0.3) is 0 Å². The van der Waals surface area contributed by atoms with Gasteiger partial charge in [0.15, 0.2) is 0 Å². The van der Waals surface area contributed by atoms with E-state index in [1.54, 1.807) is 13.8 Å². The minimum atomic E-state index is -0.865. The van der Waals surface area contributed by atoms with E-state index in [9.17, 15) is 14.4 Å². The van der Waals surface area contributed by atoms with E-state index in [0.29, 0.717) is 0 Å². The van der Waals surface area contributed by atoms with Crippen molar-refractivity contribution in [3.8, 4) is 0 Å². The van der Waals surface area contributed by atoms with Crippen LogP contribution in [-0.4, -0.2) is 58.1 Å². The Labute approximate surface area is 126 Å². The predicted octanol–water partition coefficient (Wildman–Crippen LogP) is 1.49. The van der Waals surface area contributed by atoms with Crippen LogP contribution in [0.4, 0.5) is 14.4 Å². The van der Waals surface area contributed by atoms with E-state index in [1.165, 1.54) is 0 Å². The second-order valence-corrected chi connectivity index (χ2v) is 6.10. The molecule has 2 aliphatic heterocycles. The maximum absolute atomic E-state index is 11.6. The molecule has 0 unspecified atom stereocenters. The molecule has 124 valence electrons. The normalized spacial score (nSPS) is 22.5. The standard InChI is InChI=1S/C13H18O9/c1-12(3-17-9(14)18-4-12)7-21-11(16)22-8-13(2)5-19-10(15)20-6-13/h3-8H2,1-2H3. The molecule has 9 nitrogen and oxygen atoms in total. The van der Waals surface area contributed by atoms with Crippen LogP contribution in [0.3, 0.4) is 0 Å². The predicted molar refractivity (Wildman–Crippen MR) is 68.1 cm³/mol. The molecule has 0 aliphatic carbocycles. The van der Waals surface area contributed by atoms with E-state index in [0.717, 1.165) is 0 Å². The van der Waals surface area contributed by atoms with Crippen molar-refractivity contribution in [3.63, 3.8) is 0 Å². The lowest BCUT2D eigenvalue weighted by Crippen LogP contribution is -2.42. The molecule has 0 atom stereocenters. The Morgan fingerprint density at radius 3 is 1.50 bits per heavy atom. The molecular weight excluding hydrogens is 300 g/mol. The topological polar surface area (TPSA) is 107 Å². The van der Waals surface area contributed by atoms with Crippen molar-refractivity contribution < 1.29 is 42.8 Å². The minimum Gasteiger partial charge on any atom is -0.433 e. The first-order valence-corrected chi connectivity index (χ1v) is 6.69. The molecule has 0 spiro atoms. The van der Waals surface area contributed by atoms with Gasteiger partial charge in [0.05, 0.1) is 10.8 Å². The second kappa shape index (κ2) is 6.29. The van der Waals surface area contributed by atoms with Gasteiger partial charge in [0.2, 0.25) is 0 Å². The molecule has 0 bridgehead atoms. The van der Waals surface area contributed by atoms with E-state index in [1.807, 2.05) is 0 Å². The van der Waals surface area contributed by atoms with Gasteiger partial charge in [0.1, 0.15) is 39.6 Å². The zero-order valence-corrected chi connectivity index (χ0v) is 12.4. The van der Waals surface area contributed by atoms with E-state index in [2.05, 4.69) is 0 Å². The van der Waals surface area contributed by atoms with Crippen molar-refractivity contribution in [2.45, 2.75) is 13.8 Å². The smallest absolute Gasteiger partial charge is 0.433 e. The fraction of sp³-hybridized carbons (Fsp3) is 0.769. The minimum absolute atomic E-state index is 0.0126. The summed E-state index contributed by atoms with van der Waals surface area (Å²) in [6.07, 6.45) is -2.34. The highest BCUT2D eigenvalue weighted by Gasteiger charge is 2.37. The highest BCUT2D eigenvalue weighted by atomic mass is 16.8. The summed E-state index contributed by atoms with van der Waals surface area (Å²) in [5.41, 5.74) is -1.22. The van der Waals surface area contributed by atoms with Crippen molar-refractivity contribution in [1.82, 2.24) is 0 Å². The third-order valence-corrected chi connectivity index (χ3v) is 3.23. The number of carbonyl (C=O) groups is 3. The van der Waals surface area contributed by atoms with Crippen molar-refractivity contribution in [1.29, 1.82) is 0 Å². The zero-order valence-electron chi connectivity index (χ0n) is 12.4. The largest absolute Gasteiger partial charge is 0.508 e. The van der Waals surface area contributed by atoms with E-state index in [4.69, 9.17) is 28.4 Å². The lowest BCUT2D eigenvalue weighted by molar-refractivity contribution is -0.0940. The van der Waals surface area contributed by atoms with Crippen LogP contribution in [-0.2, 0) is 28.4 Å². The molecule has 2 rings (SSSR count). The molecular formula is C13H18O9. The average Bonchev–Trinajstić information content (AvgIpc) is 2.50. The van der Waals surface area contributed by atoms with Crippen LogP contribution >= 0.6 is 0 Å². The van der Waals surface area contributed by atoms with Crippen LogP contribution in [0, 0.1) is 10.8 Å². The van der Waals surface area contributed by atoms with Gasteiger partial charge in [-0.05, 0) is 13.8 Å². The number of hydrogen-bond acceptors (Lipinski definition) is 9. The lowest BCUT2D eigenvalue weighted by atomic mass is 9.94. The monoisotopic (exact) mass is 318 g/mol. The van der Waals surface area contributed by atoms with Crippen molar-refractivity contribution >= 4 is 18.5 Å². The van der Waals surface area contributed by atoms with Gasteiger partial charge in [0.25, 0.3) is 0 Å². The summed E-state index contributed by atoms with van der Waals surface area (Å²) in [4.78, 5) is 33.2. The van der Waals surface area contributed by atoms with Gasteiger partial charge < -0.3 is 28.4 Å². The summed E-state index contributed by atoms with van der Waals surface area (Å²) in [6, 6.07) is 0. The number of cyclic esters (lactones) is 4. The maximum atomic E-state index is 11.6. The van der Waals surface area contributed by atoms with Crippen LogP contribution in [0.1, 0.15) is 13.8 Å². The highest BCUT2D eigenvalue weighted by Crippen LogP contribution is 2.24. The van der Waals surface area contributed by atoms with Gasteiger partial charge in [-0.1, -0.05) is 0 Å². The molecule has 2 aliphatic rings. The molecule has 0 aromatic heterocycles. The Morgan fingerprint density at radius 1 is 0.864 bits per heavy atom. The van der Waals surface area contributed by atoms with Gasteiger partial charge in [-0.3, -0.25) is 0 Å².